The van der Waals surface area contributed by atoms with E-state index in [-0.39, 0.29) is 0 Å². The van der Waals surface area contributed by atoms with E-state index in [0.717, 1.165) is 43.0 Å². The van der Waals surface area contributed by atoms with Gasteiger partial charge in [0.05, 0.1) is 17.0 Å². The van der Waals surface area contributed by atoms with E-state index in [9.17, 15) is 13.2 Å². The van der Waals surface area contributed by atoms with Crippen LogP contribution in [-0.2, 0) is 19.1 Å². The summed E-state index contributed by atoms with van der Waals surface area (Å²) in [5.41, 5.74) is 2.10. The van der Waals surface area contributed by atoms with Crippen molar-refractivity contribution in [1.82, 2.24) is 14.9 Å². The van der Waals surface area contributed by atoms with Crippen molar-refractivity contribution in [3.63, 3.8) is 0 Å². The first kappa shape index (κ1) is 13.2. The second-order valence-electron chi connectivity index (χ2n) is 5.07. The van der Waals surface area contributed by atoms with Crippen molar-refractivity contribution >= 4 is 0 Å². The molecule has 0 amide bonds. The molecule has 0 spiro atoms. The summed E-state index contributed by atoms with van der Waals surface area (Å²) in [4.78, 5) is 9.87. The Hall–Kier alpha value is -1.82. The molecule has 106 valence electrons. The number of rotatable bonds is 1. The molecule has 2 heterocycles. The SMILES string of the molecule is CN1CCc2nc(-c3ccc(C(F)(F)F)cc3)[nH]c2C1. The molecule has 3 rings (SSSR count). The van der Waals surface area contributed by atoms with Gasteiger partial charge in [-0.25, -0.2) is 4.98 Å². The van der Waals surface area contributed by atoms with Crippen molar-refractivity contribution in [2.45, 2.75) is 19.1 Å². The summed E-state index contributed by atoms with van der Waals surface area (Å²) in [6, 6.07) is 5.08. The van der Waals surface area contributed by atoms with E-state index in [4.69, 9.17) is 0 Å². The summed E-state index contributed by atoms with van der Waals surface area (Å²) in [6.45, 7) is 1.74. The lowest BCUT2D eigenvalue weighted by Crippen LogP contribution is -2.26. The third-order valence-electron chi connectivity index (χ3n) is 3.51. The number of halogens is 3. The van der Waals surface area contributed by atoms with Gasteiger partial charge < -0.3 is 9.88 Å². The lowest BCUT2D eigenvalue weighted by Gasteiger charge is -2.20. The number of imidazole rings is 1. The number of hydrogen-bond donors (Lipinski definition) is 1. The van der Waals surface area contributed by atoms with Gasteiger partial charge in [0, 0.05) is 25.1 Å². The van der Waals surface area contributed by atoms with Gasteiger partial charge in [0.15, 0.2) is 0 Å². The molecule has 6 heteroatoms. The quantitative estimate of drug-likeness (QED) is 0.871. The predicted molar refractivity (Wildman–Crippen MR) is 69.1 cm³/mol. The van der Waals surface area contributed by atoms with Crippen LogP contribution in [0.2, 0.25) is 0 Å². The van der Waals surface area contributed by atoms with Crippen LogP contribution in [0.3, 0.4) is 0 Å². The van der Waals surface area contributed by atoms with Gasteiger partial charge in [-0.15, -0.1) is 0 Å². The van der Waals surface area contributed by atoms with Crippen LogP contribution in [0.4, 0.5) is 13.2 Å². The van der Waals surface area contributed by atoms with Crippen molar-refractivity contribution in [3.05, 3.63) is 41.2 Å². The fraction of sp³-hybridized carbons (Fsp3) is 0.357. The molecule has 3 nitrogen and oxygen atoms in total. The van der Waals surface area contributed by atoms with E-state index in [0.29, 0.717) is 11.4 Å². The third-order valence-corrected chi connectivity index (χ3v) is 3.51. The molecule has 0 fully saturated rings. The molecule has 0 saturated heterocycles. The predicted octanol–water partition coefficient (Wildman–Crippen LogP) is 3.08. The Kier molecular flexibility index (Phi) is 3.05. The highest BCUT2D eigenvalue weighted by molar-refractivity contribution is 5.56. The Bertz CT molecular complexity index is 614. The van der Waals surface area contributed by atoms with Gasteiger partial charge in [0.25, 0.3) is 0 Å². The summed E-state index contributed by atoms with van der Waals surface area (Å²) in [5.74, 6) is 0.638. The highest BCUT2D eigenvalue weighted by Crippen LogP contribution is 2.31. The Balaban J connectivity index is 1.90. The smallest absolute Gasteiger partial charge is 0.341 e. The van der Waals surface area contributed by atoms with Gasteiger partial charge in [0.2, 0.25) is 0 Å². The minimum atomic E-state index is -4.30. The zero-order valence-electron chi connectivity index (χ0n) is 11.0. The number of nitrogens with zero attached hydrogens (tertiary/aromatic N) is 2. The summed E-state index contributed by atoms with van der Waals surface area (Å²) in [6.07, 6.45) is -3.44. The molecule has 1 aliphatic heterocycles. The van der Waals surface area contributed by atoms with E-state index in [1.165, 1.54) is 12.1 Å². The number of aromatic nitrogens is 2. The van der Waals surface area contributed by atoms with Crippen LogP contribution in [0.1, 0.15) is 17.0 Å². The van der Waals surface area contributed by atoms with Gasteiger partial charge >= 0.3 is 6.18 Å². The number of alkyl halides is 3. The standard InChI is InChI=1S/C14H14F3N3/c1-20-7-6-11-12(8-20)19-13(18-11)9-2-4-10(5-3-9)14(15,16)17/h2-5H,6-8H2,1H3,(H,18,19). The molecule has 0 bridgehead atoms. The third kappa shape index (κ3) is 2.43. The molecule has 0 atom stereocenters. The van der Waals surface area contributed by atoms with Crippen LogP contribution in [0.5, 0.6) is 0 Å². The summed E-state index contributed by atoms with van der Waals surface area (Å²) in [5, 5.41) is 0. The van der Waals surface area contributed by atoms with Gasteiger partial charge in [-0.3, -0.25) is 0 Å². The van der Waals surface area contributed by atoms with Gasteiger partial charge in [-0.2, -0.15) is 13.2 Å². The minimum Gasteiger partial charge on any atom is -0.341 e. The van der Waals surface area contributed by atoms with Crippen molar-refractivity contribution in [2.24, 2.45) is 0 Å². The number of likely N-dealkylation sites (N-methyl/N-ethyl adjacent to an activating group) is 1. The molecular formula is C14H14F3N3. The van der Waals surface area contributed by atoms with Crippen LogP contribution in [-0.4, -0.2) is 28.5 Å². The second kappa shape index (κ2) is 4.63. The Morgan fingerprint density at radius 3 is 2.55 bits per heavy atom. The number of nitrogens with one attached hydrogen (secondary N) is 1. The fourth-order valence-corrected chi connectivity index (χ4v) is 2.38. The zero-order valence-corrected chi connectivity index (χ0v) is 11.0. The number of fused-ring (bicyclic) bond motifs is 1. The lowest BCUT2D eigenvalue weighted by atomic mass is 10.1. The number of benzene rings is 1. The average Bonchev–Trinajstić information content (AvgIpc) is 2.80. The Morgan fingerprint density at radius 2 is 1.90 bits per heavy atom. The molecule has 2 aromatic rings. The number of hydrogen-bond acceptors (Lipinski definition) is 2. The molecule has 0 saturated carbocycles. The van der Waals surface area contributed by atoms with Crippen LogP contribution in [0, 0.1) is 0 Å². The summed E-state index contributed by atoms with van der Waals surface area (Å²) in [7, 11) is 2.03. The summed E-state index contributed by atoms with van der Waals surface area (Å²) >= 11 is 0. The molecule has 1 aromatic carbocycles. The fourth-order valence-electron chi connectivity index (χ4n) is 2.38. The monoisotopic (exact) mass is 281 g/mol. The minimum absolute atomic E-state index is 0.638. The molecule has 0 aliphatic carbocycles. The van der Waals surface area contributed by atoms with Gasteiger partial charge in [0.1, 0.15) is 5.82 Å². The van der Waals surface area contributed by atoms with Crippen LogP contribution in [0.15, 0.2) is 24.3 Å². The molecule has 1 aromatic heterocycles. The largest absolute Gasteiger partial charge is 0.416 e. The van der Waals surface area contributed by atoms with E-state index < -0.39 is 11.7 Å². The van der Waals surface area contributed by atoms with Crippen molar-refractivity contribution in [2.75, 3.05) is 13.6 Å². The Morgan fingerprint density at radius 1 is 1.20 bits per heavy atom. The number of aromatic amines is 1. The van der Waals surface area contributed by atoms with Crippen molar-refractivity contribution < 1.29 is 13.2 Å². The Labute approximate surface area is 114 Å². The van der Waals surface area contributed by atoms with Crippen molar-refractivity contribution in [1.29, 1.82) is 0 Å². The van der Waals surface area contributed by atoms with E-state index in [1.807, 2.05) is 7.05 Å². The van der Waals surface area contributed by atoms with Crippen LogP contribution < -0.4 is 0 Å². The first-order valence-electron chi connectivity index (χ1n) is 6.37. The molecule has 1 aliphatic rings. The maximum absolute atomic E-state index is 12.5. The number of H-pyrrole nitrogens is 1. The first-order valence-corrected chi connectivity index (χ1v) is 6.37. The van der Waals surface area contributed by atoms with Gasteiger partial charge in [-0.05, 0) is 19.2 Å². The average molecular weight is 281 g/mol. The highest BCUT2D eigenvalue weighted by atomic mass is 19.4. The normalized spacial score (nSPS) is 16.2. The maximum Gasteiger partial charge on any atom is 0.416 e. The topological polar surface area (TPSA) is 31.9 Å². The molecular weight excluding hydrogens is 267 g/mol. The van der Waals surface area contributed by atoms with Crippen LogP contribution >= 0.6 is 0 Å². The molecule has 0 unspecified atom stereocenters. The van der Waals surface area contributed by atoms with Crippen LogP contribution in [0.25, 0.3) is 11.4 Å². The molecule has 20 heavy (non-hydrogen) atoms. The molecule has 1 N–H and O–H groups in total. The lowest BCUT2D eigenvalue weighted by molar-refractivity contribution is -0.137. The summed E-state index contributed by atoms with van der Waals surface area (Å²) < 4.78 is 37.6. The highest BCUT2D eigenvalue weighted by Gasteiger charge is 2.30. The van der Waals surface area contributed by atoms with E-state index in [2.05, 4.69) is 14.9 Å². The van der Waals surface area contributed by atoms with Gasteiger partial charge in [-0.1, -0.05) is 12.1 Å². The first-order chi connectivity index (χ1) is 9.43. The van der Waals surface area contributed by atoms with E-state index >= 15 is 0 Å². The zero-order chi connectivity index (χ0) is 14.3. The molecule has 0 radical (unpaired) electrons. The maximum atomic E-state index is 12.5. The van der Waals surface area contributed by atoms with Crippen molar-refractivity contribution in [3.8, 4) is 11.4 Å². The second-order valence-corrected chi connectivity index (χ2v) is 5.07. The van der Waals surface area contributed by atoms with E-state index in [1.54, 1.807) is 0 Å².